The van der Waals surface area contributed by atoms with Crippen molar-refractivity contribution < 1.29 is 13.2 Å². The van der Waals surface area contributed by atoms with E-state index in [9.17, 15) is 13.2 Å². The van der Waals surface area contributed by atoms with Crippen LogP contribution in [-0.2, 0) is 33.2 Å². The minimum absolute atomic E-state index is 0.0245. The highest BCUT2D eigenvalue weighted by Gasteiger charge is 2.18. The summed E-state index contributed by atoms with van der Waals surface area (Å²) in [7, 11) is -3.50. The van der Waals surface area contributed by atoms with Gasteiger partial charge in [-0.15, -0.1) is 0 Å². The van der Waals surface area contributed by atoms with Crippen molar-refractivity contribution in [2.45, 2.75) is 30.4 Å². The van der Waals surface area contributed by atoms with Crippen molar-refractivity contribution in [2.75, 3.05) is 0 Å². The van der Waals surface area contributed by atoms with Gasteiger partial charge in [0.05, 0.1) is 20.7 Å². The largest absolute Gasteiger partial charge is 0.299 e. The van der Waals surface area contributed by atoms with Gasteiger partial charge >= 0.3 is 0 Å². The maximum atomic E-state index is 12.8. The summed E-state index contributed by atoms with van der Waals surface area (Å²) in [4.78, 5) is 12.9. The Morgan fingerprint density at radius 1 is 0.828 bits per heavy atom. The van der Waals surface area contributed by atoms with Crippen LogP contribution in [0.2, 0.25) is 10.0 Å². The van der Waals surface area contributed by atoms with Crippen LogP contribution in [-0.4, -0.2) is 14.2 Å². The Balaban J connectivity index is 1.77. The van der Waals surface area contributed by atoms with Crippen LogP contribution in [0.5, 0.6) is 0 Å². The van der Waals surface area contributed by atoms with Crippen molar-refractivity contribution >= 4 is 38.8 Å². The van der Waals surface area contributed by atoms with Crippen LogP contribution in [0.15, 0.2) is 71.6 Å². The second kappa shape index (κ2) is 9.12. The highest BCUT2D eigenvalue weighted by molar-refractivity contribution is 7.90. The summed E-state index contributed by atoms with van der Waals surface area (Å²) < 4.78 is 25.6. The quantitative estimate of drug-likeness (QED) is 0.472. The molecule has 0 heterocycles. The Labute approximate surface area is 181 Å². The first-order chi connectivity index (χ1) is 13.7. The van der Waals surface area contributed by atoms with Crippen LogP contribution in [0.1, 0.15) is 22.3 Å². The predicted octanol–water partition coefficient (Wildman–Crippen LogP) is 5.63. The molecule has 0 aromatic heterocycles. The number of benzene rings is 3. The zero-order chi connectivity index (χ0) is 21.0. The van der Waals surface area contributed by atoms with E-state index in [-0.39, 0.29) is 29.3 Å². The van der Waals surface area contributed by atoms with Crippen LogP contribution in [0.25, 0.3) is 0 Å². The Bertz CT molecular complexity index is 1140. The van der Waals surface area contributed by atoms with Gasteiger partial charge in [0.1, 0.15) is 5.78 Å². The van der Waals surface area contributed by atoms with E-state index in [1.54, 1.807) is 60.7 Å². The van der Waals surface area contributed by atoms with E-state index in [2.05, 4.69) is 0 Å². The highest BCUT2D eigenvalue weighted by atomic mass is 35.5. The number of ketones is 1. The van der Waals surface area contributed by atoms with Crippen LogP contribution >= 0.6 is 23.2 Å². The van der Waals surface area contributed by atoms with Crippen molar-refractivity contribution in [1.82, 2.24) is 0 Å². The molecule has 0 saturated heterocycles. The molecule has 0 aliphatic heterocycles. The summed E-state index contributed by atoms with van der Waals surface area (Å²) in [5.74, 6) is -0.171. The fourth-order valence-electron chi connectivity index (χ4n) is 3.06. The number of hydrogen-bond acceptors (Lipinski definition) is 3. The van der Waals surface area contributed by atoms with Crippen LogP contribution in [0.4, 0.5) is 0 Å². The van der Waals surface area contributed by atoms with Crippen molar-refractivity contribution in [3.05, 3.63) is 99.0 Å². The number of sulfone groups is 1. The van der Waals surface area contributed by atoms with Crippen molar-refractivity contribution in [2.24, 2.45) is 0 Å². The molecule has 0 amide bonds. The molecule has 6 heteroatoms. The van der Waals surface area contributed by atoms with E-state index < -0.39 is 9.84 Å². The second-order valence-corrected chi connectivity index (χ2v) is 9.79. The Morgan fingerprint density at radius 2 is 1.48 bits per heavy atom. The van der Waals surface area contributed by atoms with Gasteiger partial charge < -0.3 is 0 Å². The first-order valence-electron chi connectivity index (χ1n) is 9.06. The first-order valence-corrected chi connectivity index (χ1v) is 11.5. The first kappa shape index (κ1) is 21.6. The predicted molar refractivity (Wildman–Crippen MR) is 117 cm³/mol. The van der Waals surface area contributed by atoms with E-state index in [0.29, 0.717) is 21.2 Å². The summed E-state index contributed by atoms with van der Waals surface area (Å²) in [6.07, 6.45) is 0.357. The van der Waals surface area contributed by atoms with Gasteiger partial charge in [0.2, 0.25) is 0 Å². The molecule has 0 aliphatic carbocycles. The fourth-order valence-corrected chi connectivity index (χ4v) is 4.79. The maximum absolute atomic E-state index is 12.8. The molecular formula is C23H20Cl2O3S. The number of aryl methyl sites for hydroxylation is 1. The number of carbonyl (C=O) groups is 1. The topological polar surface area (TPSA) is 51.2 Å². The van der Waals surface area contributed by atoms with Crippen LogP contribution in [0, 0.1) is 6.92 Å². The minimum atomic E-state index is -3.50. The van der Waals surface area contributed by atoms with Crippen molar-refractivity contribution in [3.63, 3.8) is 0 Å². The molecule has 29 heavy (non-hydrogen) atoms. The molecule has 150 valence electrons. The molecule has 0 radical (unpaired) electrons. The Morgan fingerprint density at radius 3 is 2.14 bits per heavy atom. The van der Waals surface area contributed by atoms with Gasteiger partial charge in [0.25, 0.3) is 0 Å². The third-order valence-electron chi connectivity index (χ3n) is 4.62. The second-order valence-electron chi connectivity index (χ2n) is 6.98. The lowest BCUT2D eigenvalue weighted by molar-refractivity contribution is -0.117. The standard InChI is InChI=1S/C23H20Cl2O3S/c1-16-6-9-21(10-7-16)29(27,28)15-19-5-3-2-4-18(19)14-20(26)12-17-8-11-22(24)23(25)13-17/h2-11,13H,12,14-15H2,1H3. The van der Waals surface area contributed by atoms with E-state index in [0.717, 1.165) is 11.1 Å². The van der Waals surface area contributed by atoms with E-state index in [1.807, 2.05) is 13.0 Å². The molecular weight excluding hydrogens is 427 g/mol. The molecule has 0 unspecified atom stereocenters. The molecule has 3 aromatic rings. The smallest absolute Gasteiger partial charge is 0.182 e. The summed E-state index contributed by atoms with van der Waals surface area (Å²) in [5, 5.41) is 0.844. The highest BCUT2D eigenvalue weighted by Crippen LogP contribution is 2.24. The van der Waals surface area contributed by atoms with Gasteiger partial charge in [-0.2, -0.15) is 0 Å². The third kappa shape index (κ3) is 5.69. The van der Waals surface area contributed by atoms with E-state index in [4.69, 9.17) is 23.2 Å². The SMILES string of the molecule is Cc1ccc(S(=O)(=O)Cc2ccccc2CC(=O)Cc2ccc(Cl)c(Cl)c2)cc1. The van der Waals surface area contributed by atoms with Gasteiger partial charge in [0.15, 0.2) is 9.84 Å². The zero-order valence-electron chi connectivity index (χ0n) is 15.9. The number of Topliss-reactive ketones (excluding diaryl/α,β-unsaturated/α-hetero) is 1. The summed E-state index contributed by atoms with van der Waals surface area (Å²) in [6.45, 7) is 1.91. The molecule has 3 aromatic carbocycles. The average molecular weight is 447 g/mol. The molecule has 0 fully saturated rings. The number of carbonyl (C=O) groups excluding carboxylic acids is 1. The number of halogens is 2. The number of rotatable bonds is 7. The summed E-state index contributed by atoms with van der Waals surface area (Å²) >= 11 is 11.9. The summed E-state index contributed by atoms with van der Waals surface area (Å²) in [6, 6.07) is 19.0. The molecule has 3 rings (SSSR count). The van der Waals surface area contributed by atoms with Gasteiger partial charge in [-0.05, 0) is 47.9 Å². The average Bonchev–Trinajstić information content (AvgIpc) is 2.66. The summed E-state index contributed by atoms with van der Waals surface area (Å²) in [5.41, 5.74) is 3.12. The van der Waals surface area contributed by atoms with Crippen LogP contribution in [0.3, 0.4) is 0 Å². The van der Waals surface area contributed by atoms with Gasteiger partial charge in [0, 0.05) is 12.8 Å². The molecule has 0 bridgehead atoms. The van der Waals surface area contributed by atoms with Crippen LogP contribution < -0.4 is 0 Å². The minimum Gasteiger partial charge on any atom is -0.299 e. The molecule has 0 spiro atoms. The molecule has 0 N–H and O–H groups in total. The van der Waals surface area contributed by atoms with E-state index in [1.165, 1.54) is 0 Å². The van der Waals surface area contributed by atoms with E-state index >= 15 is 0 Å². The molecule has 0 aliphatic rings. The number of hydrogen-bond donors (Lipinski definition) is 0. The van der Waals surface area contributed by atoms with Crippen molar-refractivity contribution in [1.29, 1.82) is 0 Å². The lowest BCUT2D eigenvalue weighted by Gasteiger charge is -2.11. The van der Waals surface area contributed by atoms with Gasteiger partial charge in [-0.1, -0.05) is 71.2 Å². The maximum Gasteiger partial charge on any atom is 0.182 e. The molecule has 0 saturated carbocycles. The van der Waals surface area contributed by atoms with Crippen molar-refractivity contribution in [3.8, 4) is 0 Å². The van der Waals surface area contributed by atoms with Gasteiger partial charge in [-0.3, -0.25) is 4.79 Å². The van der Waals surface area contributed by atoms with Gasteiger partial charge in [-0.25, -0.2) is 8.42 Å². The normalized spacial score (nSPS) is 11.4. The fraction of sp³-hybridized carbons (Fsp3) is 0.174. The zero-order valence-corrected chi connectivity index (χ0v) is 18.2. The molecule has 3 nitrogen and oxygen atoms in total. The third-order valence-corrected chi connectivity index (χ3v) is 7.04. The Kier molecular flexibility index (Phi) is 6.78. The lowest BCUT2D eigenvalue weighted by atomic mass is 9.99. The monoisotopic (exact) mass is 446 g/mol. The lowest BCUT2D eigenvalue weighted by Crippen LogP contribution is -2.11. The Hall–Kier alpha value is -2.14. The molecule has 0 atom stereocenters.